The maximum atomic E-state index is 12.5. The van der Waals surface area contributed by atoms with Crippen molar-refractivity contribution < 1.29 is 18.0 Å². The number of benzene rings is 1. The van der Waals surface area contributed by atoms with Crippen molar-refractivity contribution in [2.45, 2.75) is 45.2 Å². The van der Waals surface area contributed by atoms with Gasteiger partial charge >= 0.3 is 0 Å². The molecule has 7 heteroatoms. The highest BCUT2D eigenvalue weighted by Crippen LogP contribution is 2.13. The van der Waals surface area contributed by atoms with Gasteiger partial charge in [-0.2, -0.15) is 0 Å². The summed E-state index contributed by atoms with van der Waals surface area (Å²) < 4.78 is 22.9. The summed E-state index contributed by atoms with van der Waals surface area (Å²) in [5, 5.41) is 5.69. The van der Waals surface area contributed by atoms with Gasteiger partial charge in [0.15, 0.2) is 0 Å². The first-order chi connectivity index (χ1) is 11.8. The number of amides is 2. The van der Waals surface area contributed by atoms with Gasteiger partial charge in [0.2, 0.25) is 11.8 Å². The predicted molar refractivity (Wildman–Crippen MR) is 96.7 cm³/mol. The number of hydrogen-bond acceptors (Lipinski definition) is 4. The quantitative estimate of drug-likeness (QED) is 0.787. The number of carbonyl (C=O) groups is 2. The maximum absolute atomic E-state index is 12.5. The van der Waals surface area contributed by atoms with Gasteiger partial charge in [-0.05, 0) is 24.3 Å². The largest absolute Gasteiger partial charge is 0.352 e. The summed E-state index contributed by atoms with van der Waals surface area (Å²) in [4.78, 5) is 24.8. The molecule has 0 radical (unpaired) electrons. The second-order valence-electron chi connectivity index (χ2n) is 6.89. The number of hydrogen-bond donors (Lipinski definition) is 2. The molecule has 1 aliphatic heterocycles. The summed E-state index contributed by atoms with van der Waals surface area (Å²) in [5.41, 5.74) is 0.889. The molecule has 25 heavy (non-hydrogen) atoms. The Bertz CT molecular complexity index is 687. The first-order valence-corrected chi connectivity index (χ1v) is 10.4. The van der Waals surface area contributed by atoms with Crippen LogP contribution in [0.3, 0.4) is 0 Å². The first kappa shape index (κ1) is 19.4. The Labute approximate surface area is 149 Å². The van der Waals surface area contributed by atoms with Crippen molar-refractivity contribution in [3.8, 4) is 0 Å². The van der Waals surface area contributed by atoms with Crippen molar-refractivity contribution in [1.82, 2.24) is 10.6 Å². The van der Waals surface area contributed by atoms with Gasteiger partial charge in [-0.15, -0.1) is 0 Å². The van der Waals surface area contributed by atoms with E-state index in [0.29, 0.717) is 12.8 Å². The molecule has 0 aromatic heterocycles. The number of carbonyl (C=O) groups excluding carboxylic acids is 2. The van der Waals surface area contributed by atoms with Crippen LogP contribution in [-0.2, 0) is 25.8 Å². The van der Waals surface area contributed by atoms with Crippen molar-refractivity contribution in [1.29, 1.82) is 0 Å². The van der Waals surface area contributed by atoms with Crippen LogP contribution < -0.4 is 10.6 Å². The molecule has 1 aliphatic rings. The third kappa shape index (κ3) is 6.16. The molecule has 138 valence electrons. The Morgan fingerprint density at radius 1 is 1.12 bits per heavy atom. The van der Waals surface area contributed by atoms with Gasteiger partial charge in [0.25, 0.3) is 0 Å². The van der Waals surface area contributed by atoms with E-state index in [2.05, 4.69) is 10.6 Å². The van der Waals surface area contributed by atoms with E-state index in [-0.39, 0.29) is 41.7 Å². The smallest absolute Gasteiger partial charge is 0.243 e. The minimum absolute atomic E-state index is 0.0629. The minimum Gasteiger partial charge on any atom is -0.352 e. The zero-order chi connectivity index (χ0) is 18.4. The molecule has 2 rings (SSSR count). The molecule has 1 heterocycles. The predicted octanol–water partition coefficient (Wildman–Crippen LogP) is 1.06. The molecule has 1 aromatic rings. The van der Waals surface area contributed by atoms with Gasteiger partial charge in [0.05, 0.1) is 17.9 Å². The standard InChI is InChI=1S/C18H26N2O4S/c1-13(2)17(20-16(21)12-14-6-4-3-5-7-14)18(22)19-15-8-10-25(23,24)11-9-15/h3-7,13,15,17H,8-12H2,1-2H3,(H,19,22)(H,20,21). The maximum Gasteiger partial charge on any atom is 0.243 e. The topological polar surface area (TPSA) is 92.3 Å². The van der Waals surface area contributed by atoms with E-state index in [0.717, 1.165) is 5.56 Å². The summed E-state index contributed by atoms with van der Waals surface area (Å²) in [5.74, 6) is -0.311. The van der Waals surface area contributed by atoms with Crippen LogP contribution in [-0.4, -0.2) is 43.8 Å². The molecule has 0 aliphatic carbocycles. The van der Waals surface area contributed by atoms with E-state index in [1.807, 2.05) is 44.2 Å². The molecule has 1 unspecified atom stereocenters. The van der Waals surface area contributed by atoms with E-state index in [1.165, 1.54) is 0 Å². The molecule has 0 spiro atoms. The summed E-state index contributed by atoms with van der Waals surface area (Å²) in [7, 11) is -2.96. The van der Waals surface area contributed by atoms with Crippen LogP contribution in [0.4, 0.5) is 0 Å². The molecule has 2 amide bonds. The van der Waals surface area contributed by atoms with Gasteiger partial charge in [-0.1, -0.05) is 44.2 Å². The van der Waals surface area contributed by atoms with E-state index < -0.39 is 15.9 Å². The Morgan fingerprint density at radius 3 is 2.28 bits per heavy atom. The molecule has 1 atom stereocenters. The van der Waals surface area contributed by atoms with Crippen LogP contribution in [0, 0.1) is 5.92 Å². The number of rotatable bonds is 6. The summed E-state index contributed by atoms with van der Waals surface area (Å²) in [6, 6.07) is 8.58. The molecule has 0 bridgehead atoms. The molecule has 6 nitrogen and oxygen atoms in total. The summed E-state index contributed by atoms with van der Waals surface area (Å²) >= 11 is 0. The monoisotopic (exact) mass is 366 g/mol. The van der Waals surface area contributed by atoms with Gasteiger partial charge in [0, 0.05) is 6.04 Å². The van der Waals surface area contributed by atoms with Gasteiger partial charge in [-0.3, -0.25) is 9.59 Å². The SMILES string of the molecule is CC(C)C(NC(=O)Cc1ccccc1)C(=O)NC1CCS(=O)(=O)CC1. The highest BCUT2D eigenvalue weighted by molar-refractivity contribution is 7.91. The van der Waals surface area contributed by atoms with E-state index in [9.17, 15) is 18.0 Å². The lowest BCUT2D eigenvalue weighted by Gasteiger charge is -2.27. The van der Waals surface area contributed by atoms with Crippen LogP contribution in [0.5, 0.6) is 0 Å². The molecular formula is C18H26N2O4S. The van der Waals surface area contributed by atoms with Crippen LogP contribution in [0.2, 0.25) is 0 Å². The van der Waals surface area contributed by atoms with E-state index >= 15 is 0 Å². The lowest BCUT2D eigenvalue weighted by Crippen LogP contribution is -2.53. The second kappa shape index (κ2) is 8.47. The van der Waals surface area contributed by atoms with Crippen LogP contribution in [0.15, 0.2) is 30.3 Å². The highest BCUT2D eigenvalue weighted by Gasteiger charge is 2.29. The van der Waals surface area contributed by atoms with Crippen LogP contribution in [0.25, 0.3) is 0 Å². The van der Waals surface area contributed by atoms with Crippen LogP contribution >= 0.6 is 0 Å². The molecule has 1 fully saturated rings. The Morgan fingerprint density at radius 2 is 1.72 bits per heavy atom. The van der Waals surface area contributed by atoms with Crippen molar-refractivity contribution in [3.63, 3.8) is 0 Å². The van der Waals surface area contributed by atoms with Gasteiger partial charge in [0.1, 0.15) is 15.9 Å². The average Bonchev–Trinajstić information content (AvgIpc) is 2.55. The Balaban J connectivity index is 1.90. The zero-order valence-electron chi connectivity index (χ0n) is 14.7. The van der Waals surface area contributed by atoms with Gasteiger partial charge < -0.3 is 10.6 Å². The fraction of sp³-hybridized carbons (Fsp3) is 0.556. The van der Waals surface area contributed by atoms with Crippen molar-refractivity contribution in [3.05, 3.63) is 35.9 Å². The number of nitrogens with one attached hydrogen (secondary N) is 2. The fourth-order valence-corrected chi connectivity index (χ4v) is 4.36. The van der Waals surface area contributed by atoms with Crippen molar-refractivity contribution in [2.24, 2.45) is 5.92 Å². The lowest BCUT2D eigenvalue weighted by molar-refractivity contribution is -0.130. The van der Waals surface area contributed by atoms with Crippen molar-refractivity contribution in [2.75, 3.05) is 11.5 Å². The van der Waals surface area contributed by atoms with E-state index in [1.54, 1.807) is 0 Å². The van der Waals surface area contributed by atoms with Crippen molar-refractivity contribution >= 4 is 21.7 Å². The molecular weight excluding hydrogens is 340 g/mol. The third-order valence-electron chi connectivity index (χ3n) is 4.37. The van der Waals surface area contributed by atoms with Crippen LogP contribution in [0.1, 0.15) is 32.3 Å². The Kier molecular flexibility index (Phi) is 6.58. The fourth-order valence-electron chi connectivity index (χ4n) is 2.87. The highest BCUT2D eigenvalue weighted by atomic mass is 32.2. The van der Waals surface area contributed by atoms with E-state index in [4.69, 9.17) is 0 Å². The number of sulfone groups is 1. The second-order valence-corrected chi connectivity index (χ2v) is 9.19. The first-order valence-electron chi connectivity index (χ1n) is 8.61. The summed E-state index contributed by atoms with van der Waals surface area (Å²) in [6.07, 6.45) is 1.08. The normalized spacial score (nSPS) is 18.5. The zero-order valence-corrected chi connectivity index (χ0v) is 15.5. The minimum atomic E-state index is -2.96. The molecule has 0 saturated carbocycles. The molecule has 1 saturated heterocycles. The molecule has 2 N–H and O–H groups in total. The Hall–Kier alpha value is -1.89. The lowest BCUT2D eigenvalue weighted by atomic mass is 10.0. The third-order valence-corrected chi connectivity index (χ3v) is 6.09. The summed E-state index contributed by atoms with van der Waals surface area (Å²) in [6.45, 7) is 3.75. The average molecular weight is 366 g/mol. The molecule has 1 aromatic carbocycles. The van der Waals surface area contributed by atoms with Gasteiger partial charge in [-0.25, -0.2) is 8.42 Å².